The molecular formula is C11H14O4. The van der Waals surface area contributed by atoms with Crippen molar-refractivity contribution in [1.29, 1.82) is 0 Å². The van der Waals surface area contributed by atoms with Crippen LogP contribution in [0.15, 0.2) is 0 Å². The van der Waals surface area contributed by atoms with E-state index in [0.29, 0.717) is 16.9 Å². The largest absolute Gasteiger partial charge is 0.507 e. The number of benzene rings is 1. The fourth-order valence-corrected chi connectivity index (χ4v) is 1.62. The fourth-order valence-electron chi connectivity index (χ4n) is 1.62. The number of hydrogen-bond acceptors (Lipinski definition) is 4. The number of methoxy groups -OCH3 is 1. The van der Waals surface area contributed by atoms with E-state index in [1.54, 1.807) is 13.8 Å². The summed E-state index contributed by atoms with van der Waals surface area (Å²) in [6.45, 7) is 4.56. The minimum Gasteiger partial charge on any atom is -0.507 e. The summed E-state index contributed by atoms with van der Waals surface area (Å²) < 4.78 is 5.04. The van der Waals surface area contributed by atoms with E-state index in [0.717, 1.165) is 0 Å². The zero-order valence-electron chi connectivity index (χ0n) is 9.21. The number of ketones is 1. The molecule has 0 aromatic heterocycles. The number of phenolic OH excluding ortho intramolecular Hbond substituents is 2. The molecule has 0 unspecified atom stereocenters. The molecule has 0 aliphatic heterocycles. The molecule has 2 N–H and O–H groups in total. The summed E-state index contributed by atoms with van der Waals surface area (Å²) in [6.07, 6.45) is 0. The van der Waals surface area contributed by atoms with Gasteiger partial charge in [0, 0.05) is 11.1 Å². The molecule has 0 fully saturated rings. The summed E-state index contributed by atoms with van der Waals surface area (Å²) >= 11 is 0. The molecule has 0 spiro atoms. The second-order valence-electron chi connectivity index (χ2n) is 3.41. The number of ether oxygens (including phenoxy) is 1. The molecule has 1 rings (SSSR count). The molecule has 0 atom stereocenters. The highest BCUT2D eigenvalue weighted by atomic mass is 16.5. The average molecular weight is 210 g/mol. The van der Waals surface area contributed by atoms with Crippen molar-refractivity contribution < 1.29 is 19.7 Å². The molecule has 0 saturated carbocycles. The van der Waals surface area contributed by atoms with Gasteiger partial charge >= 0.3 is 0 Å². The van der Waals surface area contributed by atoms with Gasteiger partial charge in [-0.05, 0) is 20.8 Å². The Kier molecular flexibility index (Phi) is 2.88. The fraction of sp³-hybridized carbons (Fsp3) is 0.364. The van der Waals surface area contributed by atoms with Crippen LogP contribution in [0, 0.1) is 13.8 Å². The first kappa shape index (κ1) is 11.4. The van der Waals surface area contributed by atoms with Crippen LogP contribution in [-0.4, -0.2) is 23.1 Å². The van der Waals surface area contributed by atoms with Gasteiger partial charge in [0.25, 0.3) is 0 Å². The van der Waals surface area contributed by atoms with Crippen molar-refractivity contribution in [2.75, 3.05) is 7.11 Å². The summed E-state index contributed by atoms with van der Waals surface area (Å²) in [5.74, 6) is -0.418. The van der Waals surface area contributed by atoms with Crippen LogP contribution in [0.2, 0.25) is 0 Å². The van der Waals surface area contributed by atoms with E-state index in [9.17, 15) is 15.0 Å². The van der Waals surface area contributed by atoms with Crippen LogP contribution in [0.25, 0.3) is 0 Å². The Hall–Kier alpha value is -1.71. The van der Waals surface area contributed by atoms with E-state index in [4.69, 9.17) is 4.74 Å². The van der Waals surface area contributed by atoms with Gasteiger partial charge in [-0.1, -0.05) is 0 Å². The average Bonchev–Trinajstić information content (AvgIpc) is 2.16. The van der Waals surface area contributed by atoms with Gasteiger partial charge in [0.2, 0.25) is 0 Å². The van der Waals surface area contributed by atoms with Gasteiger partial charge in [0.05, 0.1) is 7.11 Å². The van der Waals surface area contributed by atoms with Crippen molar-refractivity contribution in [1.82, 2.24) is 0 Å². The quantitative estimate of drug-likeness (QED) is 0.732. The van der Waals surface area contributed by atoms with Crippen LogP contribution < -0.4 is 4.74 Å². The number of phenols is 2. The van der Waals surface area contributed by atoms with Crippen LogP contribution in [0.1, 0.15) is 28.4 Å². The maximum Gasteiger partial charge on any atom is 0.167 e. The molecule has 0 radical (unpaired) electrons. The Bertz CT molecular complexity index is 392. The zero-order chi connectivity index (χ0) is 11.7. The smallest absolute Gasteiger partial charge is 0.167 e. The molecule has 0 aliphatic carbocycles. The summed E-state index contributed by atoms with van der Waals surface area (Å²) in [4.78, 5) is 11.2. The molecule has 0 aliphatic rings. The number of aromatic hydroxyl groups is 2. The van der Waals surface area contributed by atoms with Gasteiger partial charge in [-0.25, -0.2) is 0 Å². The normalized spacial score (nSPS) is 10.1. The molecule has 1 aromatic rings. The van der Waals surface area contributed by atoms with Crippen LogP contribution in [0.3, 0.4) is 0 Å². The standard InChI is InChI=1S/C11H14O4/c1-5-9(13)8(7(3)12)10(14)6(2)11(5)15-4/h13-14H,1-4H3. The summed E-state index contributed by atoms with van der Waals surface area (Å²) in [7, 11) is 1.45. The maximum atomic E-state index is 11.2. The third kappa shape index (κ3) is 1.63. The van der Waals surface area contributed by atoms with Crippen LogP contribution in [-0.2, 0) is 0 Å². The molecule has 4 nitrogen and oxygen atoms in total. The lowest BCUT2D eigenvalue weighted by molar-refractivity contribution is 0.101. The van der Waals surface area contributed by atoms with Gasteiger partial charge < -0.3 is 14.9 Å². The minimum absolute atomic E-state index is 0.0502. The number of Topliss-reactive ketones (excluding diaryl/α,β-unsaturated/α-hetero) is 1. The molecular weight excluding hydrogens is 196 g/mol. The Labute approximate surface area is 88.1 Å². The predicted octanol–water partition coefficient (Wildman–Crippen LogP) is 1.93. The topological polar surface area (TPSA) is 66.8 Å². The summed E-state index contributed by atoms with van der Waals surface area (Å²) in [5, 5.41) is 19.4. The number of carbonyl (C=O) groups excluding carboxylic acids is 1. The van der Waals surface area contributed by atoms with Crippen molar-refractivity contribution >= 4 is 5.78 Å². The molecule has 0 saturated heterocycles. The van der Waals surface area contributed by atoms with Gasteiger partial charge in [-0.3, -0.25) is 4.79 Å². The van der Waals surface area contributed by atoms with E-state index in [-0.39, 0.29) is 22.8 Å². The van der Waals surface area contributed by atoms with Gasteiger partial charge in [0.15, 0.2) is 5.78 Å². The highest BCUT2D eigenvalue weighted by Gasteiger charge is 2.21. The van der Waals surface area contributed by atoms with Crippen molar-refractivity contribution in [3.05, 3.63) is 16.7 Å². The lowest BCUT2D eigenvalue weighted by atomic mass is 10.00. The third-order valence-corrected chi connectivity index (χ3v) is 2.42. The maximum absolute atomic E-state index is 11.2. The van der Waals surface area contributed by atoms with Gasteiger partial charge in [-0.15, -0.1) is 0 Å². The highest BCUT2D eigenvalue weighted by molar-refractivity contribution is 6.00. The second kappa shape index (κ2) is 3.81. The first-order chi connectivity index (χ1) is 6.91. The minimum atomic E-state index is -0.376. The Morgan fingerprint density at radius 3 is 1.80 bits per heavy atom. The lowest BCUT2D eigenvalue weighted by Gasteiger charge is -2.15. The second-order valence-corrected chi connectivity index (χ2v) is 3.41. The molecule has 0 bridgehead atoms. The van der Waals surface area contributed by atoms with Crippen LogP contribution >= 0.6 is 0 Å². The highest BCUT2D eigenvalue weighted by Crippen LogP contribution is 2.41. The van der Waals surface area contributed by atoms with Crippen LogP contribution in [0.5, 0.6) is 17.2 Å². The Morgan fingerprint density at radius 1 is 1.13 bits per heavy atom. The Balaban J connectivity index is 3.66. The van der Waals surface area contributed by atoms with Crippen molar-refractivity contribution in [2.45, 2.75) is 20.8 Å². The summed E-state index contributed by atoms with van der Waals surface area (Å²) in [5.41, 5.74) is 0.863. The number of hydrogen-bond donors (Lipinski definition) is 2. The lowest BCUT2D eigenvalue weighted by Crippen LogP contribution is -2.00. The molecule has 0 heterocycles. The summed E-state index contributed by atoms with van der Waals surface area (Å²) in [6, 6.07) is 0. The molecule has 0 amide bonds. The van der Waals surface area contributed by atoms with E-state index >= 15 is 0 Å². The van der Waals surface area contributed by atoms with E-state index in [2.05, 4.69) is 0 Å². The monoisotopic (exact) mass is 210 g/mol. The predicted molar refractivity (Wildman–Crippen MR) is 55.8 cm³/mol. The number of rotatable bonds is 2. The van der Waals surface area contributed by atoms with E-state index < -0.39 is 0 Å². The molecule has 1 aromatic carbocycles. The van der Waals surface area contributed by atoms with Crippen molar-refractivity contribution in [3.63, 3.8) is 0 Å². The van der Waals surface area contributed by atoms with Gasteiger partial charge in [-0.2, -0.15) is 0 Å². The molecule has 4 heteroatoms. The first-order valence-corrected chi connectivity index (χ1v) is 4.51. The molecule has 82 valence electrons. The first-order valence-electron chi connectivity index (χ1n) is 4.51. The van der Waals surface area contributed by atoms with Crippen molar-refractivity contribution in [3.8, 4) is 17.2 Å². The van der Waals surface area contributed by atoms with E-state index in [1.165, 1.54) is 14.0 Å². The zero-order valence-corrected chi connectivity index (χ0v) is 9.21. The van der Waals surface area contributed by atoms with Gasteiger partial charge in [0.1, 0.15) is 22.8 Å². The van der Waals surface area contributed by atoms with Crippen LogP contribution in [0.4, 0.5) is 0 Å². The Morgan fingerprint density at radius 2 is 1.53 bits per heavy atom. The van der Waals surface area contributed by atoms with Crippen molar-refractivity contribution in [2.24, 2.45) is 0 Å². The third-order valence-electron chi connectivity index (χ3n) is 2.42. The molecule has 15 heavy (non-hydrogen) atoms. The number of carbonyl (C=O) groups is 1. The SMILES string of the molecule is COc1c(C)c(O)c(C(C)=O)c(O)c1C. The van der Waals surface area contributed by atoms with E-state index in [1.807, 2.05) is 0 Å².